The van der Waals surface area contributed by atoms with E-state index in [4.69, 9.17) is 0 Å². The number of anilines is 2. The van der Waals surface area contributed by atoms with Crippen LogP contribution in [0.5, 0.6) is 0 Å². The van der Waals surface area contributed by atoms with Gasteiger partial charge in [-0.05, 0) is 19.4 Å². The van der Waals surface area contributed by atoms with Crippen LogP contribution in [0.4, 0.5) is 17.3 Å². The fraction of sp³-hybridized carbons (Fsp3) is 0.133. The Bertz CT molecular complexity index is 900. The number of nitrogens with zero attached hydrogens (tertiary/aromatic N) is 6. The molecule has 9 heteroatoms. The van der Waals surface area contributed by atoms with Crippen LogP contribution in [0.2, 0.25) is 0 Å². The van der Waals surface area contributed by atoms with E-state index >= 15 is 0 Å². The fourth-order valence-electron chi connectivity index (χ4n) is 2.06. The lowest BCUT2D eigenvalue weighted by Gasteiger charge is -2.09. The van der Waals surface area contributed by atoms with Crippen LogP contribution in [0.1, 0.15) is 11.4 Å². The molecule has 1 N–H and O–H groups in total. The van der Waals surface area contributed by atoms with E-state index in [2.05, 4.69) is 30.2 Å². The lowest BCUT2D eigenvalue weighted by atomic mass is 10.2. The number of benzene rings is 1. The quantitative estimate of drug-likeness (QED) is 0.574. The minimum absolute atomic E-state index is 0.00874. The largest absolute Gasteiger partial charge is 0.324 e. The van der Waals surface area contributed by atoms with E-state index in [0.717, 1.165) is 5.56 Å². The van der Waals surface area contributed by atoms with E-state index < -0.39 is 4.92 Å². The molecule has 24 heavy (non-hydrogen) atoms. The van der Waals surface area contributed by atoms with Gasteiger partial charge in [-0.3, -0.25) is 10.1 Å². The van der Waals surface area contributed by atoms with Crippen molar-refractivity contribution in [3.05, 3.63) is 58.4 Å². The van der Waals surface area contributed by atoms with Gasteiger partial charge in [0.25, 0.3) is 5.69 Å². The number of aromatic nitrogens is 5. The summed E-state index contributed by atoms with van der Waals surface area (Å²) in [6.45, 7) is 3.58. The minimum Gasteiger partial charge on any atom is -0.324 e. The monoisotopic (exact) mass is 323 g/mol. The molecular formula is C15H13N7O2. The molecule has 3 rings (SSSR count). The van der Waals surface area contributed by atoms with Crippen LogP contribution in [0, 0.1) is 24.0 Å². The van der Waals surface area contributed by atoms with Gasteiger partial charge >= 0.3 is 0 Å². The van der Waals surface area contributed by atoms with E-state index in [-0.39, 0.29) is 5.69 Å². The Balaban J connectivity index is 1.98. The van der Waals surface area contributed by atoms with Crippen LogP contribution in [0.3, 0.4) is 0 Å². The maximum absolute atomic E-state index is 10.9. The summed E-state index contributed by atoms with van der Waals surface area (Å²) in [4.78, 5) is 31.2. The lowest BCUT2D eigenvalue weighted by molar-refractivity contribution is -0.384. The molecule has 0 fully saturated rings. The van der Waals surface area contributed by atoms with Crippen molar-refractivity contribution in [1.82, 2.24) is 24.9 Å². The molecule has 1 aromatic carbocycles. The number of nitro benzene ring substituents is 1. The highest BCUT2D eigenvalue weighted by atomic mass is 16.6. The molecule has 0 bridgehead atoms. The average molecular weight is 323 g/mol. The SMILES string of the molecule is Cc1nc(Nc2cc([N+](=O)[O-])ccc2C)nc(-c2cncnc2)n1. The number of aryl methyl sites for hydroxylation is 2. The smallest absolute Gasteiger partial charge is 0.271 e. The Morgan fingerprint density at radius 3 is 2.54 bits per heavy atom. The molecular weight excluding hydrogens is 310 g/mol. The number of rotatable bonds is 4. The van der Waals surface area contributed by atoms with Gasteiger partial charge in [0.1, 0.15) is 12.2 Å². The van der Waals surface area contributed by atoms with Crippen LogP contribution in [0.15, 0.2) is 36.9 Å². The van der Waals surface area contributed by atoms with Gasteiger partial charge in [-0.15, -0.1) is 0 Å². The standard InChI is InChI=1S/C15H13N7O2/c1-9-3-4-12(22(23)24)5-13(9)20-15-19-10(2)18-14(21-15)11-6-16-8-17-7-11/h3-8H,1-2H3,(H,18,19,20,21). The third kappa shape index (κ3) is 3.29. The summed E-state index contributed by atoms with van der Waals surface area (Å²) in [5.41, 5.74) is 2.04. The summed E-state index contributed by atoms with van der Waals surface area (Å²) >= 11 is 0. The summed E-state index contributed by atoms with van der Waals surface area (Å²) in [7, 11) is 0. The third-order valence-electron chi connectivity index (χ3n) is 3.24. The Morgan fingerprint density at radius 1 is 1.08 bits per heavy atom. The number of non-ortho nitro benzene ring substituents is 1. The topological polar surface area (TPSA) is 120 Å². The first-order chi connectivity index (χ1) is 11.5. The van der Waals surface area contributed by atoms with Crippen molar-refractivity contribution in [2.75, 3.05) is 5.32 Å². The van der Waals surface area contributed by atoms with E-state index in [0.29, 0.717) is 28.8 Å². The predicted molar refractivity (Wildman–Crippen MR) is 86.7 cm³/mol. The second-order valence-electron chi connectivity index (χ2n) is 5.04. The van der Waals surface area contributed by atoms with Crippen LogP contribution in [-0.2, 0) is 0 Å². The van der Waals surface area contributed by atoms with Gasteiger partial charge in [-0.2, -0.15) is 9.97 Å². The maximum Gasteiger partial charge on any atom is 0.271 e. The molecule has 0 saturated carbocycles. The second-order valence-corrected chi connectivity index (χ2v) is 5.04. The molecule has 2 heterocycles. The summed E-state index contributed by atoms with van der Waals surface area (Å²) in [5.74, 6) is 1.23. The summed E-state index contributed by atoms with van der Waals surface area (Å²) in [5, 5.41) is 13.9. The van der Waals surface area contributed by atoms with Crippen LogP contribution < -0.4 is 5.32 Å². The fourth-order valence-corrected chi connectivity index (χ4v) is 2.06. The van der Waals surface area contributed by atoms with E-state index in [1.165, 1.54) is 18.5 Å². The molecule has 0 aliphatic carbocycles. The molecule has 0 spiro atoms. The van der Waals surface area contributed by atoms with E-state index in [9.17, 15) is 10.1 Å². The molecule has 2 aromatic heterocycles. The highest BCUT2D eigenvalue weighted by Gasteiger charge is 2.12. The van der Waals surface area contributed by atoms with Crippen LogP contribution in [0.25, 0.3) is 11.4 Å². The Kier molecular flexibility index (Phi) is 4.06. The zero-order valence-corrected chi connectivity index (χ0v) is 13.0. The zero-order chi connectivity index (χ0) is 17.1. The van der Waals surface area contributed by atoms with Gasteiger partial charge in [0.2, 0.25) is 5.95 Å². The van der Waals surface area contributed by atoms with Crippen molar-refractivity contribution in [2.24, 2.45) is 0 Å². The van der Waals surface area contributed by atoms with E-state index in [1.54, 1.807) is 25.4 Å². The molecule has 120 valence electrons. The van der Waals surface area contributed by atoms with Gasteiger partial charge in [0, 0.05) is 24.5 Å². The molecule has 0 unspecified atom stereocenters. The maximum atomic E-state index is 10.9. The van der Waals surface area contributed by atoms with Gasteiger partial charge in [-0.1, -0.05) is 6.07 Å². The molecule has 0 atom stereocenters. The summed E-state index contributed by atoms with van der Waals surface area (Å²) in [6.07, 6.45) is 4.62. The average Bonchev–Trinajstić information content (AvgIpc) is 2.57. The molecule has 0 aliphatic rings. The Labute approximate surface area is 137 Å². The van der Waals surface area contributed by atoms with Gasteiger partial charge in [0.05, 0.1) is 16.2 Å². The summed E-state index contributed by atoms with van der Waals surface area (Å²) in [6, 6.07) is 4.56. The molecule has 0 aliphatic heterocycles. The Morgan fingerprint density at radius 2 is 1.83 bits per heavy atom. The summed E-state index contributed by atoms with van der Waals surface area (Å²) < 4.78 is 0. The van der Waals surface area contributed by atoms with Crippen molar-refractivity contribution in [3.8, 4) is 11.4 Å². The number of hydrogen-bond donors (Lipinski definition) is 1. The van der Waals surface area contributed by atoms with Crippen molar-refractivity contribution in [1.29, 1.82) is 0 Å². The highest BCUT2D eigenvalue weighted by Crippen LogP contribution is 2.24. The van der Waals surface area contributed by atoms with Crippen molar-refractivity contribution < 1.29 is 4.92 Å². The zero-order valence-electron chi connectivity index (χ0n) is 13.0. The van der Waals surface area contributed by atoms with Gasteiger partial charge < -0.3 is 5.32 Å². The van der Waals surface area contributed by atoms with Crippen LogP contribution >= 0.6 is 0 Å². The lowest BCUT2D eigenvalue weighted by Crippen LogP contribution is -2.04. The molecule has 0 saturated heterocycles. The molecule has 0 radical (unpaired) electrons. The number of hydrogen-bond acceptors (Lipinski definition) is 8. The first-order valence-electron chi connectivity index (χ1n) is 7.03. The van der Waals surface area contributed by atoms with Crippen molar-refractivity contribution in [2.45, 2.75) is 13.8 Å². The first-order valence-corrected chi connectivity index (χ1v) is 7.03. The van der Waals surface area contributed by atoms with Crippen molar-refractivity contribution in [3.63, 3.8) is 0 Å². The van der Waals surface area contributed by atoms with E-state index in [1.807, 2.05) is 6.92 Å². The third-order valence-corrected chi connectivity index (χ3v) is 3.24. The number of nitrogens with one attached hydrogen (secondary N) is 1. The van der Waals surface area contributed by atoms with Crippen molar-refractivity contribution >= 4 is 17.3 Å². The first kappa shape index (κ1) is 15.4. The minimum atomic E-state index is -0.448. The molecule has 0 amide bonds. The van der Waals surface area contributed by atoms with Crippen LogP contribution in [-0.4, -0.2) is 29.8 Å². The number of nitro groups is 1. The molecule has 9 nitrogen and oxygen atoms in total. The normalized spacial score (nSPS) is 10.4. The Hall–Kier alpha value is -3.49. The second kappa shape index (κ2) is 6.32. The highest BCUT2D eigenvalue weighted by molar-refractivity contribution is 5.63. The van der Waals surface area contributed by atoms with Gasteiger partial charge in [-0.25, -0.2) is 15.0 Å². The molecule has 3 aromatic rings. The predicted octanol–water partition coefficient (Wildman–Crippen LogP) is 2.60. The van der Waals surface area contributed by atoms with Gasteiger partial charge in [0.15, 0.2) is 5.82 Å².